The Hall–Kier alpha value is -3.64. The first-order valence-electron chi connectivity index (χ1n) is 12.7. The van der Waals surface area contributed by atoms with E-state index >= 15 is 0 Å². The molecule has 1 aromatic carbocycles. The molecule has 0 aliphatic carbocycles. The van der Waals surface area contributed by atoms with Crippen molar-refractivity contribution in [1.29, 1.82) is 0 Å². The molecular weight excluding hydrogens is 537 g/mol. The van der Waals surface area contributed by atoms with Crippen LogP contribution in [0.15, 0.2) is 23.0 Å². The van der Waals surface area contributed by atoms with E-state index in [1.54, 1.807) is 22.5 Å². The highest BCUT2D eigenvalue weighted by atomic mass is 35.5. The van der Waals surface area contributed by atoms with Gasteiger partial charge in [-0.05, 0) is 32.3 Å². The molecule has 39 heavy (non-hydrogen) atoms. The molecule has 0 saturated carbocycles. The van der Waals surface area contributed by atoms with Crippen LogP contribution in [0.1, 0.15) is 64.8 Å². The molecule has 1 N–H and O–H groups in total. The van der Waals surface area contributed by atoms with Crippen LogP contribution in [0.2, 0.25) is 5.02 Å². The predicted octanol–water partition coefficient (Wildman–Crippen LogP) is 3.16. The van der Waals surface area contributed by atoms with Crippen LogP contribution in [-0.4, -0.2) is 59.7 Å². The summed E-state index contributed by atoms with van der Waals surface area (Å²) in [6, 6.07) is 4.04. The molecule has 2 aromatic rings. The number of aromatic nitrogens is 1. The topological polar surface area (TPSA) is 125 Å². The number of ether oxygens (including phenoxy) is 4. The average molecular weight is 564 g/mol. The van der Waals surface area contributed by atoms with Crippen LogP contribution >= 0.6 is 11.6 Å². The third-order valence-electron chi connectivity index (χ3n) is 6.92. The maximum atomic E-state index is 14.4. The lowest BCUT2D eigenvalue weighted by Gasteiger charge is -2.44. The van der Waals surface area contributed by atoms with Crippen molar-refractivity contribution in [2.75, 3.05) is 19.8 Å². The molecule has 1 aromatic heterocycles. The second-order valence-electron chi connectivity index (χ2n) is 9.30. The van der Waals surface area contributed by atoms with Gasteiger partial charge in [0.15, 0.2) is 11.9 Å². The number of benzene rings is 1. The summed E-state index contributed by atoms with van der Waals surface area (Å²) in [5.74, 6) is -2.35. The molecule has 0 radical (unpaired) electrons. The number of hydrogen-bond donors (Lipinski definition) is 1. The van der Waals surface area contributed by atoms with Gasteiger partial charge in [0.05, 0.1) is 24.3 Å². The summed E-state index contributed by atoms with van der Waals surface area (Å²) in [7, 11) is 0. The number of rotatable bonds is 7. The second-order valence-corrected chi connectivity index (χ2v) is 9.71. The van der Waals surface area contributed by atoms with Crippen molar-refractivity contribution >= 4 is 29.6 Å². The normalized spacial score (nSPS) is 20.1. The Morgan fingerprint density at radius 3 is 2.87 bits per heavy atom. The van der Waals surface area contributed by atoms with Crippen LogP contribution in [0.4, 0.5) is 9.18 Å². The van der Waals surface area contributed by atoms with Crippen molar-refractivity contribution < 1.29 is 37.7 Å². The first-order valence-corrected chi connectivity index (χ1v) is 13.1. The molecule has 3 atom stereocenters. The lowest BCUT2D eigenvalue weighted by Crippen LogP contribution is -2.55. The van der Waals surface area contributed by atoms with Gasteiger partial charge in [0.25, 0.3) is 11.8 Å². The molecule has 208 valence electrons. The summed E-state index contributed by atoms with van der Waals surface area (Å²) in [5.41, 5.74) is -0.616. The molecule has 5 rings (SSSR count). The van der Waals surface area contributed by atoms with E-state index in [0.29, 0.717) is 38.1 Å². The van der Waals surface area contributed by atoms with E-state index in [9.17, 15) is 23.6 Å². The fourth-order valence-electron chi connectivity index (χ4n) is 5.31. The van der Waals surface area contributed by atoms with Crippen molar-refractivity contribution in [2.24, 2.45) is 0 Å². The Kier molecular flexibility index (Phi) is 7.50. The van der Waals surface area contributed by atoms with Gasteiger partial charge in [0.2, 0.25) is 17.5 Å². The third-order valence-corrected chi connectivity index (χ3v) is 7.21. The SMILES string of the molecule is CCOC(=O)OC(C)Oc1c2n3c(c(C(=O)NCc4cccc(Cl)c4F)c1=O)CC[C@@H]3[C@@H]1OCCCN1C2=O. The largest absolute Gasteiger partial charge is 0.511 e. The summed E-state index contributed by atoms with van der Waals surface area (Å²) in [6.07, 6.45) is -1.41. The van der Waals surface area contributed by atoms with Gasteiger partial charge in [0, 0.05) is 31.3 Å². The van der Waals surface area contributed by atoms with Crippen molar-refractivity contribution in [3.8, 4) is 5.75 Å². The minimum Gasteiger partial charge on any atom is -0.448 e. The van der Waals surface area contributed by atoms with Crippen molar-refractivity contribution in [1.82, 2.24) is 14.8 Å². The van der Waals surface area contributed by atoms with Crippen LogP contribution in [0.25, 0.3) is 0 Å². The zero-order chi connectivity index (χ0) is 27.8. The molecule has 4 heterocycles. The zero-order valence-electron chi connectivity index (χ0n) is 21.3. The highest BCUT2D eigenvalue weighted by Crippen LogP contribution is 2.42. The van der Waals surface area contributed by atoms with Crippen LogP contribution in [0, 0.1) is 5.82 Å². The molecule has 1 unspecified atom stereocenters. The van der Waals surface area contributed by atoms with E-state index in [-0.39, 0.29) is 41.0 Å². The van der Waals surface area contributed by atoms with Gasteiger partial charge < -0.3 is 33.7 Å². The number of hydrogen-bond acceptors (Lipinski definition) is 8. The summed E-state index contributed by atoms with van der Waals surface area (Å²) in [4.78, 5) is 54.2. The Labute approximate surface area is 227 Å². The fourth-order valence-corrected chi connectivity index (χ4v) is 5.50. The van der Waals surface area contributed by atoms with Crippen LogP contribution in [0.5, 0.6) is 5.75 Å². The van der Waals surface area contributed by atoms with Gasteiger partial charge >= 0.3 is 6.16 Å². The maximum Gasteiger partial charge on any atom is 0.511 e. The highest BCUT2D eigenvalue weighted by molar-refractivity contribution is 6.30. The first-order chi connectivity index (χ1) is 18.7. The van der Waals surface area contributed by atoms with Gasteiger partial charge in [-0.1, -0.05) is 23.7 Å². The number of nitrogens with one attached hydrogen (secondary N) is 1. The van der Waals surface area contributed by atoms with E-state index in [1.807, 2.05) is 0 Å². The molecule has 1 saturated heterocycles. The van der Waals surface area contributed by atoms with Crippen LogP contribution < -0.4 is 15.5 Å². The quantitative estimate of drug-likeness (QED) is 0.402. The maximum absolute atomic E-state index is 14.4. The number of pyridine rings is 1. The molecule has 0 bridgehead atoms. The molecule has 2 amide bonds. The molecular formula is C26H27ClFN3O8. The van der Waals surface area contributed by atoms with Gasteiger partial charge in [-0.3, -0.25) is 14.4 Å². The summed E-state index contributed by atoms with van der Waals surface area (Å²) >= 11 is 5.85. The van der Waals surface area contributed by atoms with Crippen molar-refractivity contribution in [2.45, 2.75) is 58.2 Å². The minimum absolute atomic E-state index is 0.0315. The molecule has 0 spiro atoms. The number of fused-ring (bicyclic) bond motifs is 2. The number of carbonyl (C=O) groups is 3. The van der Waals surface area contributed by atoms with Gasteiger partial charge in [-0.15, -0.1) is 0 Å². The van der Waals surface area contributed by atoms with E-state index < -0.39 is 47.5 Å². The Bertz CT molecular complexity index is 1400. The molecule has 11 nitrogen and oxygen atoms in total. The lowest BCUT2D eigenvalue weighted by atomic mass is 10.1. The van der Waals surface area contributed by atoms with Crippen LogP contribution in [-0.2, 0) is 27.2 Å². The van der Waals surface area contributed by atoms with Gasteiger partial charge in [0.1, 0.15) is 11.4 Å². The van der Waals surface area contributed by atoms with E-state index in [2.05, 4.69) is 5.32 Å². The predicted molar refractivity (Wildman–Crippen MR) is 134 cm³/mol. The zero-order valence-corrected chi connectivity index (χ0v) is 22.1. The van der Waals surface area contributed by atoms with Gasteiger partial charge in [-0.2, -0.15) is 0 Å². The number of amides is 2. The molecule has 1 fully saturated rings. The van der Waals surface area contributed by atoms with E-state index in [1.165, 1.54) is 19.1 Å². The Balaban J connectivity index is 1.56. The summed E-state index contributed by atoms with van der Waals surface area (Å²) in [6.45, 7) is 3.70. The minimum atomic E-state index is -1.31. The Morgan fingerprint density at radius 2 is 2.10 bits per heavy atom. The van der Waals surface area contributed by atoms with E-state index in [0.717, 1.165) is 0 Å². The van der Waals surface area contributed by atoms with Crippen molar-refractivity contribution in [3.63, 3.8) is 0 Å². The lowest BCUT2D eigenvalue weighted by molar-refractivity contribution is -0.110. The standard InChI is InChI=1S/C26H27ClFN3O8/c1-3-36-26(35)39-13(2)38-22-20-24(34)30-10-5-11-37-25(30)17-9-8-16(31(17)20)18(21(22)32)23(33)29-12-14-6-4-7-15(27)19(14)28/h4,6-7,13,17,25H,3,5,8-12H2,1-2H3,(H,29,33)/t13?,17-,25+/m1/s1. The summed E-state index contributed by atoms with van der Waals surface area (Å²) < 4.78 is 37.5. The molecule has 3 aliphatic rings. The van der Waals surface area contributed by atoms with Crippen molar-refractivity contribution in [3.05, 3.63) is 61.8 Å². The number of halogens is 2. The van der Waals surface area contributed by atoms with E-state index in [4.69, 9.17) is 30.5 Å². The Morgan fingerprint density at radius 1 is 1.31 bits per heavy atom. The number of nitrogens with zero attached hydrogens (tertiary/aromatic N) is 2. The van der Waals surface area contributed by atoms with Gasteiger partial charge in [-0.25, -0.2) is 9.18 Å². The highest BCUT2D eigenvalue weighted by Gasteiger charge is 2.48. The molecule has 13 heteroatoms. The molecule has 3 aliphatic heterocycles. The first kappa shape index (κ1) is 26.9. The number of carbonyl (C=O) groups excluding carboxylic acids is 3. The summed E-state index contributed by atoms with van der Waals surface area (Å²) in [5, 5.41) is 2.48. The second kappa shape index (κ2) is 10.9. The smallest absolute Gasteiger partial charge is 0.448 e. The van der Waals surface area contributed by atoms with Crippen LogP contribution in [0.3, 0.4) is 0 Å². The average Bonchev–Trinajstić information content (AvgIpc) is 3.34. The monoisotopic (exact) mass is 563 g/mol. The fraction of sp³-hybridized carbons (Fsp3) is 0.462. The third kappa shape index (κ3) is 4.82.